The van der Waals surface area contributed by atoms with Crippen LogP contribution in [0.3, 0.4) is 0 Å². The maximum atomic E-state index is 12.9. The van der Waals surface area contributed by atoms with Crippen LogP contribution >= 0.6 is 11.3 Å². The summed E-state index contributed by atoms with van der Waals surface area (Å²) in [6, 6.07) is 3.59. The smallest absolute Gasteiger partial charge is 0.327 e. The molecule has 1 aliphatic rings. The van der Waals surface area contributed by atoms with E-state index >= 15 is 0 Å². The van der Waals surface area contributed by atoms with Gasteiger partial charge in [-0.1, -0.05) is 0 Å². The van der Waals surface area contributed by atoms with Gasteiger partial charge in [-0.05, 0) is 41.3 Å². The van der Waals surface area contributed by atoms with E-state index in [4.69, 9.17) is 0 Å². The van der Waals surface area contributed by atoms with E-state index in [2.05, 4.69) is 20.3 Å². The molecule has 0 spiro atoms. The molecule has 8 heteroatoms. The van der Waals surface area contributed by atoms with Gasteiger partial charge in [0.15, 0.2) is 0 Å². The number of rotatable bonds is 2. The lowest BCUT2D eigenvalue weighted by atomic mass is 10.1. The Morgan fingerprint density at radius 2 is 2.21 bits per heavy atom. The fourth-order valence-electron chi connectivity index (χ4n) is 3.15. The quantitative estimate of drug-likeness (QED) is 0.740. The summed E-state index contributed by atoms with van der Waals surface area (Å²) in [5, 5.41) is 4.26. The zero-order valence-electron chi connectivity index (χ0n) is 12.6. The lowest BCUT2D eigenvalue weighted by Gasteiger charge is -2.24. The maximum Gasteiger partial charge on any atom is 0.327 e. The van der Waals surface area contributed by atoms with Gasteiger partial charge in [0.1, 0.15) is 5.65 Å². The largest absolute Gasteiger partial charge is 0.332 e. The molecule has 0 radical (unpaired) electrons. The van der Waals surface area contributed by atoms with E-state index in [9.17, 15) is 14.4 Å². The standard InChI is InChI=1S/C16H14N4O3S/c21-14-11-6-10(7-17-13(11)18-16(23)19-14)15(22)20-4-1-2-12(20)9-3-5-24-8-9/h3,5-8,12H,1-2,4H2,(H2,17,18,19,21,23). The van der Waals surface area contributed by atoms with Crippen LogP contribution in [0.4, 0.5) is 0 Å². The maximum absolute atomic E-state index is 12.9. The average Bonchev–Trinajstić information content (AvgIpc) is 3.24. The van der Waals surface area contributed by atoms with Crippen molar-refractivity contribution in [2.24, 2.45) is 0 Å². The van der Waals surface area contributed by atoms with Crippen molar-refractivity contribution in [3.05, 3.63) is 61.1 Å². The monoisotopic (exact) mass is 342 g/mol. The number of likely N-dealkylation sites (tertiary alicyclic amines) is 1. The lowest BCUT2D eigenvalue weighted by Crippen LogP contribution is -2.31. The Labute approximate surface area is 140 Å². The molecule has 1 amide bonds. The number of carbonyl (C=O) groups excluding carboxylic acids is 1. The summed E-state index contributed by atoms with van der Waals surface area (Å²) < 4.78 is 0. The predicted molar refractivity (Wildman–Crippen MR) is 90.3 cm³/mol. The zero-order valence-corrected chi connectivity index (χ0v) is 13.4. The summed E-state index contributed by atoms with van der Waals surface area (Å²) in [7, 11) is 0. The molecule has 4 rings (SSSR count). The molecule has 0 aromatic carbocycles. The normalized spacial score (nSPS) is 17.5. The summed E-state index contributed by atoms with van der Waals surface area (Å²) in [6.45, 7) is 0.680. The van der Waals surface area contributed by atoms with E-state index in [0.29, 0.717) is 12.1 Å². The minimum Gasteiger partial charge on any atom is -0.332 e. The Kier molecular flexibility index (Phi) is 3.53. The van der Waals surface area contributed by atoms with Crippen LogP contribution in [0.15, 0.2) is 38.7 Å². The molecule has 122 valence electrons. The third kappa shape index (κ3) is 2.44. The second-order valence-corrected chi connectivity index (χ2v) is 6.52. The molecule has 0 aliphatic carbocycles. The average molecular weight is 342 g/mol. The van der Waals surface area contributed by atoms with Crippen molar-refractivity contribution in [3.8, 4) is 0 Å². The van der Waals surface area contributed by atoms with Crippen LogP contribution in [0.1, 0.15) is 34.8 Å². The number of nitrogens with zero attached hydrogens (tertiary/aromatic N) is 2. The molecule has 7 nitrogen and oxygen atoms in total. The van der Waals surface area contributed by atoms with E-state index < -0.39 is 11.2 Å². The SMILES string of the molecule is O=C(c1cnc2[nH]c(=O)[nH]c(=O)c2c1)N1CCCC1c1ccsc1. The van der Waals surface area contributed by atoms with Crippen molar-refractivity contribution in [1.29, 1.82) is 0 Å². The van der Waals surface area contributed by atoms with Crippen molar-refractivity contribution < 1.29 is 4.79 Å². The molecule has 4 heterocycles. The number of aromatic amines is 2. The van der Waals surface area contributed by atoms with Crippen LogP contribution < -0.4 is 11.2 Å². The van der Waals surface area contributed by atoms with Crippen LogP contribution in [0.5, 0.6) is 0 Å². The number of hydrogen-bond donors (Lipinski definition) is 2. The van der Waals surface area contributed by atoms with Crippen molar-refractivity contribution in [2.75, 3.05) is 6.54 Å². The van der Waals surface area contributed by atoms with Gasteiger partial charge in [-0.15, -0.1) is 0 Å². The number of amides is 1. The summed E-state index contributed by atoms with van der Waals surface area (Å²) in [6.07, 6.45) is 3.28. The van der Waals surface area contributed by atoms with E-state index in [0.717, 1.165) is 18.4 Å². The van der Waals surface area contributed by atoms with Crippen LogP contribution in [0, 0.1) is 0 Å². The van der Waals surface area contributed by atoms with Gasteiger partial charge in [0.05, 0.1) is 17.0 Å². The molecule has 0 saturated carbocycles. The summed E-state index contributed by atoms with van der Waals surface area (Å²) in [5.74, 6) is -0.149. The molecule has 1 atom stereocenters. The third-order valence-electron chi connectivity index (χ3n) is 4.28. The molecule has 2 N–H and O–H groups in total. The highest BCUT2D eigenvalue weighted by atomic mass is 32.1. The first-order valence-electron chi connectivity index (χ1n) is 7.59. The molecule has 0 bridgehead atoms. The van der Waals surface area contributed by atoms with Crippen LogP contribution in [0.25, 0.3) is 11.0 Å². The highest BCUT2D eigenvalue weighted by Crippen LogP contribution is 2.34. The van der Waals surface area contributed by atoms with Crippen LogP contribution in [0.2, 0.25) is 0 Å². The molecule has 3 aromatic rings. The first kappa shape index (κ1) is 14.8. The number of thiophene rings is 1. The highest BCUT2D eigenvalue weighted by Gasteiger charge is 2.31. The van der Waals surface area contributed by atoms with Gasteiger partial charge in [-0.3, -0.25) is 19.6 Å². The van der Waals surface area contributed by atoms with Crippen LogP contribution in [-0.4, -0.2) is 32.3 Å². The molecule has 24 heavy (non-hydrogen) atoms. The van der Waals surface area contributed by atoms with Gasteiger partial charge in [0.2, 0.25) is 0 Å². The molecular formula is C16H14N4O3S. The lowest BCUT2D eigenvalue weighted by molar-refractivity contribution is 0.0735. The van der Waals surface area contributed by atoms with E-state index in [-0.39, 0.29) is 23.0 Å². The Bertz CT molecular complexity index is 1020. The summed E-state index contributed by atoms with van der Waals surface area (Å²) >= 11 is 1.61. The minimum absolute atomic E-state index is 0.0633. The minimum atomic E-state index is -0.615. The number of nitrogens with one attached hydrogen (secondary N) is 2. The molecule has 1 saturated heterocycles. The van der Waals surface area contributed by atoms with Crippen LogP contribution in [-0.2, 0) is 0 Å². The molecule has 1 fully saturated rings. The number of hydrogen-bond acceptors (Lipinski definition) is 5. The fraction of sp³-hybridized carbons (Fsp3) is 0.250. The first-order valence-corrected chi connectivity index (χ1v) is 8.53. The van der Waals surface area contributed by atoms with Crippen molar-refractivity contribution in [2.45, 2.75) is 18.9 Å². The topological polar surface area (TPSA) is 98.9 Å². The van der Waals surface area contributed by atoms with E-state index in [1.165, 1.54) is 12.3 Å². The van der Waals surface area contributed by atoms with Crippen molar-refractivity contribution in [1.82, 2.24) is 19.9 Å². The fourth-order valence-corrected chi connectivity index (χ4v) is 3.86. The Hall–Kier alpha value is -2.74. The van der Waals surface area contributed by atoms with Crippen molar-refractivity contribution >= 4 is 28.3 Å². The molecular weight excluding hydrogens is 328 g/mol. The Balaban J connectivity index is 1.73. The molecule has 1 aliphatic heterocycles. The van der Waals surface area contributed by atoms with Gasteiger partial charge in [0, 0.05) is 12.7 Å². The zero-order chi connectivity index (χ0) is 16.7. The number of fused-ring (bicyclic) bond motifs is 1. The second kappa shape index (κ2) is 5.72. The van der Waals surface area contributed by atoms with Gasteiger partial charge in [-0.2, -0.15) is 11.3 Å². The predicted octanol–water partition coefficient (Wildman–Crippen LogP) is 1.65. The Morgan fingerprint density at radius 3 is 3.00 bits per heavy atom. The Morgan fingerprint density at radius 1 is 1.33 bits per heavy atom. The number of aromatic nitrogens is 3. The van der Waals surface area contributed by atoms with Gasteiger partial charge >= 0.3 is 5.69 Å². The van der Waals surface area contributed by atoms with E-state index in [1.54, 1.807) is 11.3 Å². The second-order valence-electron chi connectivity index (χ2n) is 5.74. The first-order chi connectivity index (χ1) is 11.6. The van der Waals surface area contributed by atoms with Gasteiger partial charge < -0.3 is 4.90 Å². The number of pyridine rings is 1. The van der Waals surface area contributed by atoms with Crippen molar-refractivity contribution in [3.63, 3.8) is 0 Å². The van der Waals surface area contributed by atoms with E-state index in [1.807, 2.05) is 16.3 Å². The highest BCUT2D eigenvalue weighted by molar-refractivity contribution is 7.08. The summed E-state index contributed by atoms with van der Waals surface area (Å²) in [5.41, 5.74) is 0.503. The number of H-pyrrole nitrogens is 2. The van der Waals surface area contributed by atoms with Gasteiger partial charge in [0.25, 0.3) is 11.5 Å². The third-order valence-corrected chi connectivity index (χ3v) is 4.98. The molecule has 1 unspecified atom stereocenters. The summed E-state index contributed by atoms with van der Waals surface area (Å²) in [4.78, 5) is 46.6. The molecule has 3 aromatic heterocycles. The number of carbonyl (C=O) groups is 1. The van der Waals surface area contributed by atoms with Gasteiger partial charge in [-0.25, -0.2) is 9.78 Å².